The second kappa shape index (κ2) is 8.04. The minimum atomic E-state index is -3.77. The van der Waals surface area contributed by atoms with Crippen molar-refractivity contribution >= 4 is 50.5 Å². The van der Waals surface area contributed by atoms with Crippen molar-refractivity contribution in [1.82, 2.24) is 5.32 Å². The van der Waals surface area contributed by atoms with E-state index in [4.69, 9.17) is 17.4 Å². The van der Waals surface area contributed by atoms with Crippen LogP contribution in [-0.2, 0) is 14.8 Å². The predicted octanol–water partition coefficient (Wildman–Crippen LogP) is 1.42. The van der Waals surface area contributed by atoms with Crippen LogP contribution < -0.4 is 21.1 Å². The van der Waals surface area contributed by atoms with Crippen molar-refractivity contribution in [2.75, 3.05) is 10.6 Å². The minimum absolute atomic E-state index is 0.0303. The molecule has 0 radical (unpaired) electrons. The first-order valence-electron chi connectivity index (χ1n) is 7.28. The standard InChI is InChI=1S/C16H16N4O4S2/c1-10(21)18-12-4-2-11(3-5-12)15(22)20-16(25)19-13-6-8-14(9-7-13)26(17,23)24/h2-9H,1H3,(H,18,21)(H2,17,23,24)(H2,19,20,22,25). The Bertz CT molecular complexity index is 939. The van der Waals surface area contributed by atoms with E-state index in [2.05, 4.69) is 16.0 Å². The van der Waals surface area contributed by atoms with Gasteiger partial charge in [0.25, 0.3) is 5.91 Å². The van der Waals surface area contributed by atoms with Crippen molar-refractivity contribution in [3.63, 3.8) is 0 Å². The number of sulfonamides is 1. The highest BCUT2D eigenvalue weighted by Gasteiger charge is 2.10. The van der Waals surface area contributed by atoms with Crippen LogP contribution >= 0.6 is 12.2 Å². The lowest BCUT2D eigenvalue weighted by Gasteiger charge is -2.10. The van der Waals surface area contributed by atoms with E-state index in [0.717, 1.165) is 0 Å². The maximum atomic E-state index is 12.1. The second-order valence-electron chi connectivity index (χ2n) is 5.24. The van der Waals surface area contributed by atoms with Crippen molar-refractivity contribution in [1.29, 1.82) is 0 Å². The van der Waals surface area contributed by atoms with E-state index in [9.17, 15) is 18.0 Å². The van der Waals surface area contributed by atoms with Crippen LogP contribution in [0, 0.1) is 0 Å². The number of primary sulfonamides is 1. The molecule has 0 aliphatic rings. The van der Waals surface area contributed by atoms with Crippen molar-refractivity contribution < 1.29 is 18.0 Å². The van der Waals surface area contributed by atoms with Crippen molar-refractivity contribution in [3.8, 4) is 0 Å². The monoisotopic (exact) mass is 392 g/mol. The topological polar surface area (TPSA) is 130 Å². The highest BCUT2D eigenvalue weighted by Crippen LogP contribution is 2.13. The molecule has 0 saturated heterocycles. The Morgan fingerprint density at radius 3 is 1.92 bits per heavy atom. The molecule has 10 heteroatoms. The summed E-state index contributed by atoms with van der Waals surface area (Å²) in [7, 11) is -3.77. The third-order valence-electron chi connectivity index (χ3n) is 3.14. The van der Waals surface area contributed by atoms with Crippen LogP contribution in [0.15, 0.2) is 53.4 Å². The third-order valence-corrected chi connectivity index (χ3v) is 4.27. The molecular formula is C16H16N4O4S2. The van der Waals surface area contributed by atoms with Gasteiger partial charge in [-0.2, -0.15) is 0 Å². The summed E-state index contributed by atoms with van der Waals surface area (Å²) in [5.74, 6) is -0.640. The zero-order valence-corrected chi connectivity index (χ0v) is 15.3. The first kappa shape index (κ1) is 19.5. The van der Waals surface area contributed by atoms with Crippen molar-refractivity contribution in [2.24, 2.45) is 5.14 Å². The Balaban J connectivity index is 1.96. The van der Waals surface area contributed by atoms with E-state index < -0.39 is 15.9 Å². The highest BCUT2D eigenvalue weighted by atomic mass is 32.2. The number of nitrogens with two attached hydrogens (primary N) is 1. The Labute approximate surface area is 155 Å². The molecule has 0 spiro atoms. The summed E-state index contributed by atoms with van der Waals surface area (Å²) in [5.41, 5.74) is 1.42. The first-order valence-corrected chi connectivity index (χ1v) is 9.23. The normalized spacial score (nSPS) is 10.7. The van der Waals surface area contributed by atoms with Gasteiger partial charge in [0.2, 0.25) is 15.9 Å². The van der Waals surface area contributed by atoms with E-state index in [0.29, 0.717) is 16.9 Å². The minimum Gasteiger partial charge on any atom is -0.332 e. The van der Waals surface area contributed by atoms with Gasteiger partial charge in [0.05, 0.1) is 4.90 Å². The average Bonchev–Trinajstić information content (AvgIpc) is 2.54. The van der Waals surface area contributed by atoms with Crippen LogP contribution in [0.2, 0.25) is 0 Å². The molecule has 0 atom stereocenters. The lowest BCUT2D eigenvalue weighted by Crippen LogP contribution is -2.34. The molecule has 0 aromatic heterocycles. The van der Waals surface area contributed by atoms with Gasteiger partial charge in [-0.05, 0) is 60.7 Å². The Kier molecular flexibility index (Phi) is 6.03. The lowest BCUT2D eigenvalue weighted by molar-refractivity contribution is -0.114. The molecule has 0 saturated carbocycles. The molecule has 5 N–H and O–H groups in total. The quantitative estimate of drug-likeness (QED) is 0.582. The molecule has 136 valence electrons. The van der Waals surface area contributed by atoms with Gasteiger partial charge in [-0.25, -0.2) is 13.6 Å². The van der Waals surface area contributed by atoms with E-state index in [1.165, 1.54) is 31.2 Å². The summed E-state index contributed by atoms with van der Waals surface area (Å²) >= 11 is 5.06. The molecule has 8 nitrogen and oxygen atoms in total. The van der Waals surface area contributed by atoms with Gasteiger partial charge < -0.3 is 10.6 Å². The van der Waals surface area contributed by atoms with E-state index >= 15 is 0 Å². The summed E-state index contributed by atoms with van der Waals surface area (Å²) in [5, 5.41) is 12.9. The van der Waals surface area contributed by atoms with Gasteiger partial charge in [-0.15, -0.1) is 0 Å². The molecule has 0 aliphatic carbocycles. The van der Waals surface area contributed by atoms with Crippen LogP contribution in [0.25, 0.3) is 0 Å². The molecule has 2 aromatic carbocycles. The van der Waals surface area contributed by atoms with Crippen LogP contribution in [0.1, 0.15) is 17.3 Å². The van der Waals surface area contributed by atoms with Crippen LogP contribution in [0.4, 0.5) is 11.4 Å². The van der Waals surface area contributed by atoms with Gasteiger partial charge in [-0.1, -0.05) is 0 Å². The SMILES string of the molecule is CC(=O)Nc1ccc(C(=O)NC(=S)Nc2ccc(S(N)(=O)=O)cc2)cc1. The number of nitrogens with one attached hydrogen (secondary N) is 3. The zero-order chi connectivity index (χ0) is 19.3. The number of hydrogen-bond donors (Lipinski definition) is 4. The van der Waals surface area contributed by atoms with Crippen LogP contribution in [-0.4, -0.2) is 25.3 Å². The summed E-state index contributed by atoms with van der Waals surface area (Å²) in [4.78, 5) is 23.1. The number of anilines is 2. The molecule has 2 amide bonds. The molecule has 26 heavy (non-hydrogen) atoms. The molecule has 0 bridgehead atoms. The number of rotatable bonds is 4. The molecule has 2 aromatic rings. The number of carbonyl (C=O) groups is 2. The molecule has 2 rings (SSSR count). The Hall–Kier alpha value is -2.82. The van der Waals surface area contributed by atoms with Gasteiger partial charge in [0, 0.05) is 23.9 Å². The first-order chi connectivity index (χ1) is 12.1. The number of hydrogen-bond acceptors (Lipinski definition) is 5. The number of carbonyl (C=O) groups excluding carboxylic acids is 2. The summed E-state index contributed by atoms with van der Waals surface area (Å²) in [6.45, 7) is 1.39. The number of thiocarbonyl (C=S) groups is 1. The fourth-order valence-electron chi connectivity index (χ4n) is 1.97. The van der Waals surface area contributed by atoms with Crippen molar-refractivity contribution in [2.45, 2.75) is 11.8 Å². The molecular weight excluding hydrogens is 376 g/mol. The van der Waals surface area contributed by atoms with Crippen LogP contribution in [0.3, 0.4) is 0 Å². The second-order valence-corrected chi connectivity index (χ2v) is 7.21. The van der Waals surface area contributed by atoms with Gasteiger partial charge in [0.1, 0.15) is 0 Å². The summed E-state index contributed by atoms with van der Waals surface area (Å²) in [6.07, 6.45) is 0. The predicted molar refractivity (Wildman–Crippen MR) is 102 cm³/mol. The highest BCUT2D eigenvalue weighted by molar-refractivity contribution is 7.89. The summed E-state index contributed by atoms with van der Waals surface area (Å²) in [6, 6.07) is 11.9. The van der Waals surface area contributed by atoms with E-state index in [1.807, 2.05) is 0 Å². The van der Waals surface area contributed by atoms with E-state index in [-0.39, 0.29) is 15.9 Å². The average molecular weight is 392 g/mol. The van der Waals surface area contributed by atoms with E-state index in [1.54, 1.807) is 24.3 Å². The molecule has 0 heterocycles. The fraction of sp³-hybridized carbons (Fsp3) is 0.0625. The Morgan fingerprint density at radius 1 is 0.923 bits per heavy atom. The largest absolute Gasteiger partial charge is 0.332 e. The maximum Gasteiger partial charge on any atom is 0.257 e. The molecule has 0 fully saturated rings. The van der Waals surface area contributed by atoms with Gasteiger partial charge in [0.15, 0.2) is 5.11 Å². The summed E-state index contributed by atoms with van der Waals surface area (Å²) < 4.78 is 22.4. The maximum absolute atomic E-state index is 12.1. The lowest BCUT2D eigenvalue weighted by atomic mass is 10.2. The van der Waals surface area contributed by atoms with Gasteiger partial charge in [-0.3, -0.25) is 14.9 Å². The van der Waals surface area contributed by atoms with Crippen LogP contribution in [0.5, 0.6) is 0 Å². The molecule has 0 unspecified atom stereocenters. The number of benzene rings is 2. The molecule has 0 aliphatic heterocycles. The Morgan fingerprint density at radius 2 is 1.42 bits per heavy atom. The third kappa shape index (κ3) is 5.62. The fourth-order valence-corrected chi connectivity index (χ4v) is 2.70. The smallest absolute Gasteiger partial charge is 0.257 e. The van der Waals surface area contributed by atoms with Gasteiger partial charge >= 0.3 is 0 Å². The van der Waals surface area contributed by atoms with Crippen molar-refractivity contribution in [3.05, 3.63) is 54.1 Å². The zero-order valence-electron chi connectivity index (χ0n) is 13.6. The number of amides is 2.